The number of amides is 1. The monoisotopic (exact) mass is 431 g/mol. The maximum absolute atomic E-state index is 12.5. The summed E-state index contributed by atoms with van der Waals surface area (Å²) in [4.78, 5) is 21.3. The maximum Gasteiger partial charge on any atom is 0.295 e. The first-order chi connectivity index (χ1) is 14.9. The van der Waals surface area contributed by atoms with Crippen molar-refractivity contribution in [1.82, 2.24) is 14.5 Å². The summed E-state index contributed by atoms with van der Waals surface area (Å²) >= 11 is 1.55. The lowest BCUT2D eigenvalue weighted by Crippen LogP contribution is -1.95. The summed E-state index contributed by atoms with van der Waals surface area (Å²) in [6.07, 6.45) is 0. The molecule has 4 rings (SSSR count). The van der Waals surface area contributed by atoms with Crippen LogP contribution in [-0.2, 0) is 12.8 Å². The molecule has 8 heteroatoms. The molecule has 7 nitrogen and oxygen atoms in total. The molecule has 4 aromatic rings. The number of aromatic hydroxyl groups is 1. The molecule has 1 amide bonds. The van der Waals surface area contributed by atoms with Gasteiger partial charge in [0.15, 0.2) is 10.8 Å². The number of azo groups is 1. The Balaban J connectivity index is 1.46. The molecule has 156 valence electrons. The zero-order chi connectivity index (χ0) is 22.0. The van der Waals surface area contributed by atoms with E-state index in [4.69, 9.17) is 0 Å². The summed E-state index contributed by atoms with van der Waals surface area (Å²) in [5.74, 6) is 0.200. The predicted octanol–water partition coefficient (Wildman–Crippen LogP) is 5.51. The fourth-order valence-electron chi connectivity index (χ4n) is 3.26. The van der Waals surface area contributed by atoms with Crippen molar-refractivity contribution in [2.75, 3.05) is 0 Å². The number of carbonyl (C=O) groups is 1. The van der Waals surface area contributed by atoms with Crippen LogP contribution in [-0.4, -0.2) is 25.5 Å². The molecule has 0 radical (unpaired) electrons. The van der Waals surface area contributed by atoms with Gasteiger partial charge in [-0.1, -0.05) is 42.1 Å². The van der Waals surface area contributed by atoms with Crippen LogP contribution in [0.3, 0.4) is 0 Å². The molecule has 0 spiro atoms. The second-order valence-corrected chi connectivity index (χ2v) is 8.11. The highest BCUT2D eigenvalue weighted by atomic mass is 32.2. The zero-order valence-corrected chi connectivity index (χ0v) is 18.2. The third-order valence-electron chi connectivity index (χ3n) is 4.82. The third-order valence-corrected chi connectivity index (χ3v) is 5.74. The minimum Gasteiger partial charge on any atom is -0.493 e. The number of carbonyl (C=O) groups excluding carboxylic acids is 1. The fourth-order valence-corrected chi connectivity index (χ4v) is 4.17. The average molecular weight is 432 g/mol. The van der Waals surface area contributed by atoms with Crippen LogP contribution >= 0.6 is 11.8 Å². The molecule has 2 aromatic heterocycles. The van der Waals surface area contributed by atoms with E-state index < -0.39 is 5.91 Å². The normalized spacial score (nSPS) is 11.5. The van der Waals surface area contributed by atoms with Crippen molar-refractivity contribution < 1.29 is 9.90 Å². The van der Waals surface area contributed by atoms with Gasteiger partial charge in [-0.2, -0.15) is 0 Å². The third kappa shape index (κ3) is 4.49. The van der Waals surface area contributed by atoms with Gasteiger partial charge in [-0.05, 0) is 43.7 Å². The highest BCUT2D eigenvalue weighted by molar-refractivity contribution is 7.98. The molecular formula is C23H21N5O2S. The van der Waals surface area contributed by atoms with Gasteiger partial charge < -0.3 is 9.67 Å². The van der Waals surface area contributed by atoms with Crippen molar-refractivity contribution in [2.45, 2.75) is 24.8 Å². The van der Waals surface area contributed by atoms with E-state index in [0.717, 1.165) is 33.0 Å². The Morgan fingerprint density at radius 3 is 2.45 bits per heavy atom. The van der Waals surface area contributed by atoms with Crippen LogP contribution in [0, 0.1) is 13.8 Å². The Morgan fingerprint density at radius 2 is 1.74 bits per heavy atom. The summed E-state index contributed by atoms with van der Waals surface area (Å²) in [5, 5.41) is 19.6. The lowest BCUT2D eigenvalue weighted by Gasteiger charge is -2.04. The second-order valence-electron chi connectivity index (χ2n) is 7.17. The molecule has 0 aliphatic carbocycles. The van der Waals surface area contributed by atoms with Crippen LogP contribution in [0.1, 0.15) is 27.3 Å². The van der Waals surface area contributed by atoms with Gasteiger partial charge in [-0.25, -0.2) is 9.97 Å². The molecule has 0 fully saturated rings. The Labute approximate surface area is 183 Å². The van der Waals surface area contributed by atoms with E-state index in [9.17, 15) is 9.90 Å². The topological polar surface area (TPSA) is 92.7 Å². The number of rotatable bonds is 5. The average Bonchev–Trinajstić information content (AvgIpc) is 3.00. The molecule has 0 saturated heterocycles. The first kappa shape index (κ1) is 20.7. The van der Waals surface area contributed by atoms with Crippen molar-refractivity contribution in [3.63, 3.8) is 0 Å². The van der Waals surface area contributed by atoms with Crippen LogP contribution < -0.4 is 0 Å². The van der Waals surface area contributed by atoms with E-state index in [0.29, 0.717) is 11.3 Å². The molecule has 0 unspecified atom stereocenters. The highest BCUT2D eigenvalue weighted by Gasteiger charge is 2.14. The summed E-state index contributed by atoms with van der Waals surface area (Å²) in [6.45, 7) is 3.90. The Bertz CT molecular complexity index is 1280. The standard InChI is InChI=1S/C23H21N5O2S/c1-14-12-15(2)25-23(24-14)31-13-16-8-10-17(11-9-16)21(29)27-26-20-18-6-4-5-7-19(18)28(3)22(20)30/h4-12,30H,13H2,1-3H3. The van der Waals surface area contributed by atoms with Crippen LogP contribution in [0.2, 0.25) is 0 Å². The SMILES string of the molecule is Cc1cc(C)nc(SCc2ccc(C(=O)N=Nc3c(O)n(C)c4ccccc34)cc2)n1. The molecule has 2 aromatic carbocycles. The predicted molar refractivity (Wildman–Crippen MR) is 121 cm³/mol. The molecule has 0 atom stereocenters. The quantitative estimate of drug-likeness (QED) is 0.256. The lowest BCUT2D eigenvalue weighted by atomic mass is 10.1. The van der Waals surface area contributed by atoms with E-state index in [2.05, 4.69) is 20.2 Å². The van der Waals surface area contributed by atoms with Gasteiger partial charge in [-0.15, -0.1) is 10.2 Å². The molecular weight excluding hydrogens is 410 g/mol. The van der Waals surface area contributed by atoms with Gasteiger partial charge in [0, 0.05) is 35.1 Å². The van der Waals surface area contributed by atoms with Gasteiger partial charge in [-0.3, -0.25) is 4.79 Å². The Kier molecular flexibility index (Phi) is 5.81. The van der Waals surface area contributed by atoms with Crippen molar-refractivity contribution in [3.8, 4) is 5.88 Å². The summed E-state index contributed by atoms with van der Waals surface area (Å²) in [5.41, 5.74) is 4.47. The first-order valence-electron chi connectivity index (χ1n) is 9.69. The Morgan fingerprint density at radius 1 is 1.06 bits per heavy atom. The number of thioether (sulfide) groups is 1. The molecule has 0 saturated carbocycles. The second kappa shape index (κ2) is 8.69. The summed E-state index contributed by atoms with van der Waals surface area (Å²) < 4.78 is 1.61. The number of aromatic nitrogens is 3. The number of nitrogens with zero attached hydrogens (tertiary/aromatic N) is 5. The maximum atomic E-state index is 12.5. The number of hydrogen-bond donors (Lipinski definition) is 1. The lowest BCUT2D eigenvalue weighted by molar-refractivity contribution is 0.0995. The largest absolute Gasteiger partial charge is 0.493 e. The molecule has 0 aliphatic rings. The number of fused-ring (bicyclic) bond motifs is 1. The number of hydrogen-bond acceptors (Lipinski definition) is 6. The molecule has 2 heterocycles. The molecule has 0 bridgehead atoms. The van der Waals surface area contributed by atoms with Gasteiger partial charge >= 0.3 is 0 Å². The van der Waals surface area contributed by atoms with Crippen LogP contribution in [0.5, 0.6) is 5.88 Å². The highest BCUT2D eigenvalue weighted by Crippen LogP contribution is 2.37. The molecule has 0 aliphatic heterocycles. The van der Waals surface area contributed by atoms with E-state index in [1.807, 2.05) is 56.3 Å². The van der Waals surface area contributed by atoms with E-state index >= 15 is 0 Å². The van der Waals surface area contributed by atoms with Crippen molar-refractivity contribution in [2.24, 2.45) is 17.3 Å². The van der Waals surface area contributed by atoms with Crippen molar-refractivity contribution in [3.05, 3.63) is 77.1 Å². The number of para-hydroxylation sites is 1. The smallest absolute Gasteiger partial charge is 0.295 e. The van der Waals surface area contributed by atoms with E-state index in [-0.39, 0.29) is 11.6 Å². The first-order valence-corrected chi connectivity index (χ1v) is 10.7. The minimum atomic E-state index is -0.468. The van der Waals surface area contributed by atoms with Gasteiger partial charge in [0.25, 0.3) is 5.91 Å². The minimum absolute atomic E-state index is 0.0290. The van der Waals surface area contributed by atoms with Gasteiger partial charge in [0.2, 0.25) is 5.88 Å². The van der Waals surface area contributed by atoms with Crippen molar-refractivity contribution >= 4 is 34.3 Å². The molecule has 1 N–H and O–H groups in total. The van der Waals surface area contributed by atoms with Crippen LogP contribution in [0.25, 0.3) is 10.9 Å². The van der Waals surface area contributed by atoms with Crippen LogP contribution in [0.4, 0.5) is 5.69 Å². The van der Waals surface area contributed by atoms with Gasteiger partial charge in [0.05, 0.1) is 5.52 Å². The molecule has 31 heavy (non-hydrogen) atoms. The summed E-state index contributed by atoms with van der Waals surface area (Å²) in [6, 6.07) is 16.6. The number of aryl methyl sites for hydroxylation is 3. The van der Waals surface area contributed by atoms with Crippen molar-refractivity contribution in [1.29, 1.82) is 0 Å². The number of benzene rings is 2. The van der Waals surface area contributed by atoms with E-state index in [1.165, 1.54) is 0 Å². The Hall–Kier alpha value is -3.52. The van der Waals surface area contributed by atoms with E-state index in [1.54, 1.807) is 35.5 Å². The summed E-state index contributed by atoms with van der Waals surface area (Å²) in [7, 11) is 1.73. The van der Waals surface area contributed by atoms with Gasteiger partial charge in [0.1, 0.15) is 0 Å². The fraction of sp³-hybridized carbons (Fsp3) is 0.174. The zero-order valence-electron chi connectivity index (χ0n) is 17.4. The van der Waals surface area contributed by atoms with Crippen LogP contribution in [0.15, 0.2) is 70.0 Å².